The van der Waals surface area contributed by atoms with Crippen LogP contribution in [0, 0.1) is 0 Å². The van der Waals surface area contributed by atoms with Crippen molar-refractivity contribution in [1.29, 1.82) is 0 Å². The Morgan fingerprint density at radius 3 is 2.61 bits per heavy atom. The van der Waals surface area contributed by atoms with Gasteiger partial charge in [0.2, 0.25) is 0 Å². The normalized spacial score (nSPS) is 15.2. The fourth-order valence-corrected chi connectivity index (χ4v) is 3.75. The monoisotopic (exact) mass is 459 g/mol. The first-order chi connectivity index (χ1) is 13.5. The summed E-state index contributed by atoms with van der Waals surface area (Å²) in [6, 6.07) is 12.9. The van der Waals surface area contributed by atoms with Crippen molar-refractivity contribution >= 4 is 44.9 Å². The Hall–Kier alpha value is -2.51. The topological polar surface area (TPSA) is 55.8 Å². The maximum atomic E-state index is 12.8. The number of hydrogen-bond donors (Lipinski definition) is 0. The molecule has 1 aliphatic heterocycles. The number of methoxy groups -OCH3 is 1. The van der Waals surface area contributed by atoms with Gasteiger partial charge in [-0.25, -0.2) is 0 Å². The van der Waals surface area contributed by atoms with Gasteiger partial charge in [0.1, 0.15) is 6.61 Å². The van der Waals surface area contributed by atoms with Crippen molar-refractivity contribution in [1.82, 2.24) is 4.90 Å². The summed E-state index contributed by atoms with van der Waals surface area (Å²) in [5, 5.41) is -0.296. The molecule has 5 nitrogen and oxygen atoms in total. The summed E-state index contributed by atoms with van der Waals surface area (Å²) in [6.07, 6.45) is 3.29. The Balaban J connectivity index is 1.87. The van der Waals surface area contributed by atoms with Gasteiger partial charge in [-0.2, -0.15) is 0 Å². The van der Waals surface area contributed by atoms with Gasteiger partial charge in [0.05, 0.1) is 18.6 Å². The van der Waals surface area contributed by atoms with Gasteiger partial charge in [0.25, 0.3) is 11.1 Å². The Kier molecular flexibility index (Phi) is 6.59. The minimum Gasteiger partial charge on any atom is -0.493 e. The summed E-state index contributed by atoms with van der Waals surface area (Å²) in [7, 11) is 1.55. The van der Waals surface area contributed by atoms with Crippen molar-refractivity contribution in [3.05, 3.63) is 75.6 Å². The number of thioether (sulfide) groups is 1. The molecule has 7 heteroatoms. The quantitative estimate of drug-likeness (QED) is 0.417. The fraction of sp³-hybridized carbons (Fsp3) is 0.143. The molecular formula is C21H18BrNO4S. The highest BCUT2D eigenvalue weighted by molar-refractivity contribution is 9.10. The Labute approximate surface area is 176 Å². The smallest absolute Gasteiger partial charge is 0.293 e. The molecule has 3 rings (SSSR count). The lowest BCUT2D eigenvalue weighted by molar-refractivity contribution is -0.123. The van der Waals surface area contributed by atoms with Gasteiger partial charge < -0.3 is 9.47 Å². The second-order valence-electron chi connectivity index (χ2n) is 5.87. The van der Waals surface area contributed by atoms with Crippen LogP contribution >= 0.6 is 27.7 Å². The average Bonchev–Trinajstić information content (AvgIpc) is 2.95. The second kappa shape index (κ2) is 9.12. The van der Waals surface area contributed by atoms with E-state index in [-0.39, 0.29) is 17.7 Å². The fourth-order valence-electron chi connectivity index (χ4n) is 2.65. The van der Waals surface area contributed by atoms with Crippen molar-refractivity contribution in [3.8, 4) is 11.5 Å². The molecule has 2 amide bonds. The number of imide groups is 1. The minimum absolute atomic E-state index is 0.229. The summed E-state index contributed by atoms with van der Waals surface area (Å²) in [6.45, 7) is 4.17. The Morgan fingerprint density at radius 1 is 1.18 bits per heavy atom. The van der Waals surface area contributed by atoms with Crippen molar-refractivity contribution in [2.75, 3.05) is 13.7 Å². The van der Waals surface area contributed by atoms with E-state index in [4.69, 9.17) is 9.47 Å². The van der Waals surface area contributed by atoms with E-state index in [1.165, 1.54) is 4.90 Å². The van der Waals surface area contributed by atoms with Crippen molar-refractivity contribution < 1.29 is 19.1 Å². The van der Waals surface area contributed by atoms with Crippen molar-refractivity contribution in [2.45, 2.75) is 6.54 Å². The number of halogens is 1. The number of ether oxygens (including phenoxy) is 2. The number of hydrogen-bond acceptors (Lipinski definition) is 5. The van der Waals surface area contributed by atoms with E-state index in [9.17, 15) is 9.59 Å². The van der Waals surface area contributed by atoms with Crippen LogP contribution in [0.25, 0.3) is 6.08 Å². The third-order valence-corrected chi connectivity index (χ3v) is 5.42. The summed E-state index contributed by atoms with van der Waals surface area (Å²) in [4.78, 5) is 26.8. The maximum Gasteiger partial charge on any atom is 0.293 e. The van der Waals surface area contributed by atoms with Gasteiger partial charge in [0, 0.05) is 10.0 Å². The number of carbonyl (C=O) groups is 2. The highest BCUT2D eigenvalue weighted by Crippen LogP contribution is 2.37. The molecular weight excluding hydrogens is 442 g/mol. The Morgan fingerprint density at radius 2 is 1.93 bits per heavy atom. The van der Waals surface area contributed by atoms with Crippen LogP contribution in [0.4, 0.5) is 4.79 Å². The van der Waals surface area contributed by atoms with Crippen molar-refractivity contribution in [3.63, 3.8) is 0 Å². The first-order valence-electron chi connectivity index (χ1n) is 8.44. The van der Waals surface area contributed by atoms with Gasteiger partial charge >= 0.3 is 0 Å². The van der Waals surface area contributed by atoms with E-state index < -0.39 is 0 Å². The van der Waals surface area contributed by atoms with Gasteiger partial charge in [-0.05, 0) is 41.6 Å². The molecule has 1 fully saturated rings. The molecule has 1 aliphatic rings. The highest BCUT2D eigenvalue weighted by atomic mass is 79.9. The molecule has 0 unspecified atom stereocenters. The lowest BCUT2D eigenvalue weighted by Crippen LogP contribution is -2.27. The number of rotatable bonds is 7. The first-order valence-corrected chi connectivity index (χ1v) is 10.0. The van der Waals surface area contributed by atoms with Crippen LogP contribution in [0.2, 0.25) is 0 Å². The highest BCUT2D eigenvalue weighted by Gasteiger charge is 2.35. The van der Waals surface area contributed by atoms with Crippen LogP contribution in [-0.2, 0) is 11.3 Å². The average molecular weight is 460 g/mol. The minimum atomic E-state index is -0.324. The lowest BCUT2D eigenvalue weighted by atomic mass is 10.1. The molecule has 0 bridgehead atoms. The molecule has 0 radical (unpaired) electrons. The zero-order valence-corrected chi connectivity index (χ0v) is 17.6. The van der Waals surface area contributed by atoms with E-state index in [2.05, 4.69) is 22.5 Å². The number of nitrogens with zero attached hydrogens (tertiary/aromatic N) is 1. The van der Waals surface area contributed by atoms with Crippen LogP contribution < -0.4 is 9.47 Å². The standard InChI is InChI=1S/C21H18BrNO4S/c1-3-11-27-19-15(5-4-6-17(19)26-2)12-18-20(24)23(21(25)28-18)13-14-7-9-16(22)10-8-14/h3-10,12H,1,11,13H2,2H3/b18-12-. The molecule has 144 valence electrons. The molecule has 2 aromatic carbocycles. The van der Waals surface area contributed by atoms with E-state index in [0.29, 0.717) is 28.6 Å². The van der Waals surface area contributed by atoms with E-state index in [1.54, 1.807) is 31.4 Å². The van der Waals surface area contributed by atoms with Crippen molar-refractivity contribution in [2.24, 2.45) is 0 Å². The molecule has 0 aliphatic carbocycles. The molecule has 28 heavy (non-hydrogen) atoms. The summed E-state index contributed by atoms with van der Waals surface area (Å²) in [5.41, 5.74) is 1.54. The number of amides is 2. The number of para-hydroxylation sites is 1. The SMILES string of the molecule is C=CCOc1c(/C=C2\SC(=O)N(Cc3ccc(Br)cc3)C2=O)cccc1OC. The summed E-state index contributed by atoms with van der Waals surface area (Å²) >= 11 is 4.29. The summed E-state index contributed by atoms with van der Waals surface area (Å²) < 4.78 is 12.0. The predicted molar refractivity (Wildman–Crippen MR) is 114 cm³/mol. The molecule has 2 aromatic rings. The third kappa shape index (κ3) is 4.48. The lowest BCUT2D eigenvalue weighted by Gasteiger charge is -2.13. The summed E-state index contributed by atoms with van der Waals surface area (Å²) in [5.74, 6) is 0.727. The zero-order valence-electron chi connectivity index (χ0n) is 15.2. The molecule has 0 atom stereocenters. The number of carbonyl (C=O) groups excluding carboxylic acids is 2. The van der Waals surface area contributed by atoms with Crippen LogP contribution in [0.3, 0.4) is 0 Å². The maximum absolute atomic E-state index is 12.8. The molecule has 0 N–H and O–H groups in total. The molecule has 0 aromatic heterocycles. The molecule has 1 heterocycles. The van der Waals surface area contributed by atoms with Crippen LogP contribution in [0.5, 0.6) is 11.5 Å². The van der Waals surface area contributed by atoms with E-state index in [0.717, 1.165) is 21.8 Å². The number of benzene rings is 2. The molecule has 1 saturated heterocycles. The van der Waals surface area contributed by atoms with Crippen LogP contribution in [-0.4, -0.2) is 29.8 Å². The molecule has 0 saturated carbocycles. The predicted octanol–water partition coefficient (Wildman–Crippen LogP) is 5.26. The van der Waals surface area contributed by atoms with Crippen LogP contribution in [0.15, 0.2) is 64.5 Å². The van der Waals surface area contributed by atoms with Gasteiger partial charge in [-0.3, -0.25) is 14.5 Å². The van der Waals surface area contributed by atoms with Gasteiger partial charge in [0.15, 0.2) is 11.5 Å². The Bertz CT molecular complexity index is 940. The third-order valence-electron chi connectivity index (χ3n) is 3.99. The second-order valence-corrected chi connectivity index (χ2v) is 7.78. The largest absolute Gasteiger partial charge is 0.493 e. The molecule has 0 spiro atoms. The van der Waals surface area contributed by atoms with Gasteiger partial charge in [-0.15, -0.1) is 0 Å². The first kappa shape index (κ1) is 20.2. The zero-order chi connectivity index (χ0) is 20.1. The van der Waals surface area contributed by atoms with Gasteiger partial charge in [-0.1, -0.05) is 52.9 Å². The van der Waals surface area contributed by atoms with Crippen LogP contribution in [0.1, 0.15) is 11.1 Å². The van der Waals surface area contributed by atoms with E-state index >= 15 is 0 Å². The van der Waals surface area contributed by atoms with E-state index in [1.807, 2.05) is 30.3 Å².